The zero-order valence-corrected chi connectivity index (χ0v) is 15.2. The van der Waals surface area contributed by atoms with Crippen molar-refractivity contribution in [3.05, 3.63) is 48.0 Å². The number of fused-ring (bicyclic) bond motifs is 1. The highest BCUT2D eigenvalue weighted by Crippen LogP contribution is 2.32. The summed E-state index contributed by atoms with van der Waals surface area (Å²) >= 11 is 0. The summed E-state index contributed by atoms with van der Waals surface area (Å²) in [5.41, 5.74) is 2.78. The summed E-state index contributed by atoms with van der Waals surface area (Å²) in [7, 11) is 0. The van der Waals surface area contributed by atoms with Crippen molar-refractivity contribution in [3.63, 3.8) is 0 Å². The van der Waals surface area contributed by atoms with Crippen molar-refractivity contribution in [2.24, 2.45) is 0 Å². The molecule has 130 valence electrons. The Labute approximate surface area is 149 Å². The van der Waals surface area contributed by atoms with E-state index >= 15 is 0 Å². The highest BCUT2D eigenvalue weighted by molar-refractivity contribution is 5.92. The molecule has 1 fully saturated rings. The first-order valence-electron chi connectivity index (χ1n) is 9.04. The van der Waals surface area contributed by atoms with Crippen LogP contribution in [0.4, 0.5) is 5.82 Å². The number of hydrogen-bond acceptors (Lipinski definition) is 4. The lowest BCUT2D eigenvalue weighted by atomic mass is 10.1. The van der Waals surface area contributed by atoms with Gasteiger partial charge in [0.05, 0.1) is 11.1 Å². The summed E-state index contributed by atoms with van der Waals surface area (Å²) < 4.78 is 0. The Morgan fingerprint density at radius 1 is 0.960 bits per heavy atom. The molecule has 1 aromatic heterocycles. The van der Waals surface area contributed by atoms with Crippen molar-refractivity contribution in [3.8, 4) is 17.1 Å². The van der Waals surface area contributed by atoms with Gasteiger partial charge in [-0.1, -0.05) is 32.0 Å². The van der Waals surface area contributed by atoms with Gasteiger partial charge in [0.2, 0.25) is 0 Å². The molecule has 4 heteroatoms. The van der Waals surface area contributed by atoms with E-state index in [4.69, 9.17) is 9.97 Å². The third-order valence-corrected chi connectivity index (χ3v) is 4.38. The predicted octanol–water partition coefficient (Wildman–Crippen LogP) is 4.94. The van der Waals surface area contributed by atoms with Crippen LogP contribution >= 0.6 is 0 Å². The summed E-state index contributed by atoms with van der Waals surface area (Å²) in [6.07, 6.45) is 2.40. The average molecular weight is 335 g/mol. The summed E-state index contributed by atoms with van der Waals surface area (Å²) in [5, 5.41) is 11.2. The Kier molecular flexibility index (Phi) is 5.17. The Hall–Kier alpha value is -2.62. The number of aromatic nitrogens is 2. The van der Waals surface area contributed by atoms with Crippen LogP contribution in [-0.4, -0.2) is 28.2 Å². The van der Waals surface area contributed by atoms with Crippen molar-refractivity contribution >= 4 is 16.7 Å². The zero-order valence-electron chi connectivity index (χ0n) is 15.2. The second-order valence-electron chi connectivity index (χ2n) is 6.10. The van der Waals surface area contributed by atoms with E-state index < -0.39 is 0 Å². The maximum Gasteiger partial charge on any atom is 0.165 e. The van der Waals surface area contributed by atoms with Gasteiger partial charge < -0.3 is 10.0 Å². The molecule has 2 aromatic carbocycles. The number of benzene rings is 2. The van der Waals surface area contributed by atoms with Crippen LogP contribution in [0.5, 0.6) is 5.75 Å². The molecule has 0 aliphatic carbocycles. The lowest BCUT2D eigenvalue weighted by Crippen LogP contribution is -2.20. The number of phenolic OH excluding ortho intramolecular Hbond substituents is 1. The molecule has 1 aliphatic rings. The van der Waals surface area contributed by atoms with Gasteiger partial charge in [-0.15, -0.1) is 0 Å². The van der Waals surface area contributed by atoms with Crippen LogP contribution in [0.2, 0.25) is 0 Å². The molecule has 4 rings (SSSR count). The van der Waals surface area contributed by atoms with Gasteiger partial charge in [0.1, 0.15) is 11.6 Å². The van der Waals surface area contributed by atoms with Gasteiger partial charge in [-0.25, -0.2) is 9.97 Å². The standard InChI is InChI=1S/C19H19N3O.C2H6/c1-13-8-9-14-16(12-13)20-18(15-6-2-3-7-17(15)23)21-19(14)22-10-4-5-11-22;1-2/h2-3,6-9,12,23H,4-5,10-11H2,1H3;1-2H3. The normalized spacial score (nSPS) is 13.6. The molecular weight excluding hydrogens is 310 g/mol. The first-order valence-corrected chi connectivity index (χ1v) is 9.04. The van der Waals surface area contributed by atoms with Gasteiger partial charge in [-0.05, 0) is 49.6 Å². The number of aryl methyl sites for hydroxylation is 1. The molecule has 4 nitrogen and oxygen atoms in total. The summed E-state index contributed by atoms with van der Waals surface area (Å²) in [6.45, 7) is 8.12. The molecule has 2 heterocycles. The van der Waals surface area contributed by atoms with E-state index in [9.17, 15) is 5.11 Å². The first kappa shape index (κ1) is 17.2. The minimum Gasteiger partial charge on any atom is -0.507 e. The Morgan fingerprint density at radius 2 is 1.68 bits per heavy atom. The molecule has 1 saturated heterocycles. The number of aromatic hydroxyl groups is 1. The van der Waals surface area contributed by atoms with Gasteiger partial charge >= 0.3 is 0 Å². The number of anilines is 1. The molecule has 3 aromatic rings. The second-order valence-corrected chi connectivity index (χ2v) is 6.10. The molecule has 0 saturated carbocycles. The van der Waals surface area contributed by atoms with E-state index in [-0.39, 0.29) is 5.75 Å². The summed E-state index contributed by atoms with van der Waals surface area (Å²) in [5.74, 6) is 1.78. The van der Waals surface area contributed by atoms with Crippen LogP contribution in [0.25, 0.3) is 22.3 Å². The van der Waals surface area contributed by atoms with Crippen molar-refractivity contribution in [2.75, 3.05) is 18.0 Å². The SMILES string of the molecule is CC.Cc1ccc2c(N3CCCC3)nc(-c3ccccc3O)nc2c1. The van der Waals surface area contributed by atoms with Gasteiger partial charge in [-0.2, -0.15) is 0 Å². The molecular formula is C21H25N3O. The Bertz CT molecular complexity index is 870. The van der Waals surface area contributed by atoms with E-state index in [0.717, 1.165) is 29.8 Å². The van der Waals surface area contributed by atoms with E-state index in [2.05, 4.69) is 30.0 Å². The van der Waals surface area contributed by atoms with E-state index in [1.54, 1.807) is 6.07 Å². The van der Waals surface area contributed by atoms with Crippen LogP contribution in [0.15, 0.2) is 42.5 Å². The van der Waals surface area contributed by atoms with Gasteiger partial charge in [0.25, 0.3) is 0 Å². The quantitative estimate of drug-likeness (QED) is 0.721. The van der Waals surface area contributed by atoms with E-state index in [1.807, 2.05) is 32.0 Å². The minimum atomic E-state index is 0.215. The van der Waals surface area contributed by atoms with Gasteiger partial charge in [0, 0.05) is 18.5 Å². The fourth-order valence-corrected chi connectivity index (χ4v) is 3.18. The molecule has 0 amide bonds. The molecule has 0 bridgehead atoms. The monoisotopic (exact) mass is 335 g/mol. The highest BCUT2D eigenvalue weighted by Gasteiger charge is 2.19. The molecule has 0 atom stereocenters. The topological polar surface area (TPSA) is 49.2 Å². The first-order chi connectivity index (χ1) is 12.2. The largest absolute Gasteiger partial charge is 0.507 e. The lowest BCUT2D eigenvalue weighted by Gasteiger charge is -2.19. The zero-order chi connectivity index (χ0) is 17.8. The molecule has 1 aliphatic heterocycles. The van der Waals surface area contributed by atoms with Crippen LogP contribution in [-0.2, 0) is 0 Å². The Balaban J connectivity index is 0.000000880. The minimum absolute atomic E-state index is 0.215. The third-order valence-electron chi connectivity index (χ3n) is 4.38. The van der Waals surface area contributed by atoms with Crippen molar-refractivity contribution in [1.29, 1.82) is 0 Å². The van der Waals surface area contributed by atoms with Gasteiger partial charge in [-0.3, -0.25) is 0 Å². The maximum atomic E-state index is 10.2. The average Bonchev–Trinajstić information content (AvgIpc) is 3.17. The molecule has 25 heavy (non-hydrogen) atoms. The number of para-hydroxylation sites is 1. The fraction of sp³-hybridized carbons (Fsp3) is 0.333. The van der Waals surface area contributed by atoms with Crippen LogP contribution in [0.1, 0.15) is 32.3 Å². The maximum absolute atomic E-state index is 10.2. The Morgan fingerprint density at radius 3 is 2.40 bits per heavy atom. The van der Waals surface area contributed by atoms with Gasteiger partial charge in [0.15, 0.2) is 5.82 Å². The summed E-state index contributed by atoms with van der Waals surface area (Å²) in [6, 6.07) is 13.5. The number of phenols is 1. The molecule has 1 N–H and O–H groups in total. The van der Waals surface area contributed by atoms with E-state index in [1.165, 1.54) is 18.4 Å². The lowest BCUT2D eigenvalue weighted by molar-refractivity contribution is 0.477. The highest BCUT2D eigenvalue weighted by atomic mass is 16.3. The van der Waals surface area contributed by atoms with Crippen molar-refractivity contribution < 1.29 is 5.11 Å². The van der Waals surface area contributed by atoms with Crippen molar-refractivity contribution in [1.82, 2.24) is 9.97 Å². The fourth-order valence-electron chi connectivity index (χ4n) is 3.18. The van der Waals surface area contributed by atoms with Crippen molar-refractivity contribution in [2.45, 2.75) is 33.6 Å². The third kappa shape index (κ3) is 3.43. The molecule has 0 unspecified atom stereocenters. The molecule has 0 spiro atoms. The number of hydrogen-bond donors (Lipinski definition) is 1. The predicted molar refractivity (Wildman–Crippen MR) is 104 cm³/mol. The molecule has 0 radical (unpaired) electrons. The summed E-state index contributed by atoms with van der Waals surface area (Å²) in [4.78, 5) is 11.8. The smallest absolute Gasteiger partial charge is 0.165 e. The number of nitrogens with zero attached hydrogens (tertiary/aromatic N) is 3. The second kappa shape index (κ2) is 7.51. The van der Waals surface area contributed by atoms with Crippen LogP contribution in [0, 0.1) is 6.92 Å². The van der Waals surface area contributed by atoms with Crippen LogP contribution in [0.3, 0.4) is 0 Å². The number of rotatable bonds is 2. The van der Waals surface area contributed by atoms with Crippen LogP contribution < -0.4 is 4.90 Å². The van der Waals surface area contributed by atoms with E-state index in [0.29, 0.717) is 11.4 Å².